The van der Waals surface area contributed by atoms with Crippen LogP contribution in [0.4, 0.5) is 11.4 Å². The smallest absolute Gasteiger partial charge is 0.254 e. The monoisotopic (exact) mass is 462 g/mol. The Bertz CT molecular complexity index is 1080. The fraction of sp³-hybridized carbons (Fsp3) is 0.308. The van der Waals surface area contributed by atoms with Gasteiger partial charge in [-0.3, -0.25) is 9.78 Å². The summed E-state index contributed by atoms with van der Waals surface area (Å²) in [7, 11) is -1.44. The molecule has 1 aliphatic heterocycles. The number of carbonyl (C=O) groups is 1. The van der Waals surface area contributed by atoms with E-state index >= 15 is 0 Å². The number of rotatable bonds is 8. The zero-order valence-corrected chi connectivity index (χ0v) is 19.8. The molecule has 0 radical (unpaired) electrons. The van der Waals surface area contributed by atoms with Crippen molar-refractivity contribution in [1.29, 1.82) is 0 Å². The van der Waals surface area contributed by atoms with Gasteiger partial charge >= 0.3 is 0 Å². The second-order valence-corrected chi connectivity index (χ2v) is 9.40. The van der Waals surface area contributed by atoms with Crippen molar-refractivity contribution >= 4 is 28.3 Å². The lowest BCUT2D eigenvalue weighted by molar-refractivity contribution is 0.0746. The number of aromatic nitrogens is 1. The summed E-state index contributed by atoms with van der Waals surface area (Å²) in [5, 5.41) is 0. The summed E-state index contributed by atoms with van der Waals surface area (Å²) in [6.45, 7) is 5.03. The number of nitrogens with one attached hydrogen (secondary N) is 1. The number of benzene rings is 2. The van der Waals surface area contributed by atoms with Gasteiger partial charge in [-0.05, 0) is 60.9 Å². The molecule has 1 fully saturated rings. The Morgan fingerprint density at radius 3 is 2.42 bits per heavy atom. The van der Waals surface area contributed by atoms with Gasteiger partial charge in [0.15, 0.2) is 0 Å². The van der Waals surface area contributed by atoms with Crippen LogP contribution >= 0.6 is 0 Å². The molecule has 1 unspecified atom stereocenters. The van der Waals surface area contributed by atoms with Crippen molar-refractivity contribution in [3.63, 3.8) is 0 Å². The summed E-state index contributed by atoms with van der Waals surface area (Å²) in [5.41, 5.74) is 3.77. The molecule has 0 spiro atoms. The van der Waals surface area contributed by atoms with Gasteiger partial charge in [-0.1, -0.05) is 31.5 Å². The second-order valence-electron chi connectivity index (χ2n) is 8.18. The van der Waals surface area contributed by atoms with Gasteiger partial charge in [-0.2, -0.15) is 0 Å². The molecule has 172 valence electrons. The van der Waals surface area contributed by atoms with E-state index in [4.69, 9.17) is 0 Å². The van der Waals surface area contributed by atoms with Crippen molar-refractivity contribution < 1.29 is 9.00 Å². The summed E-state index contributed by atoms with van der Waals surface area (Å²) in [6, 6.07) is 19.1. The zero-order chi connectivity index (χ0) is 23.0. The molecule has 1 aliphatic rings. The molecule has 0 saturated carbocycles. The summed E-state index contributed by atoms with van der Waals surface area (Å²) < 4.78 is 15.9. The number of anilines is 2. The van der Waals surface area contributed by atoms with E-state index in [2.05, 4.69) is 33.7 Å². The number of hydrogen-bond donors (Lipinski definition) is 1. The lowest BCUT2D eigenvalue weighted by atomic mass is 10.1. The van der Waals surface area contributed by atoms with E-state index in [-0.39, 0.29) is 5.91 Å². The molecule has 4 rings (SSSR count). The number of nitrogens with zero attached hydrogens (tertiary/aromatic N) is 3. The van der Waals surface area contributed by atoms with E-state index in [1.54, 1.807) is 36.7 Å². The Hall–Kier alpha value is -3.19. The van der Waals surface area contributed by atoms with Crippen molar-refractivity contribution in [3.05, 3.63) is 84.2 Å². The first kappa shape index (κ1) is 23.0. The van der Waals surface area contributed by atoms with E-state index in [1.807, 2.05) is 29.2 Å². The standard InChI is InChI=1S/C26H30N4O2S/c1-2-3-5-21-8-10-23(11-9-21)28-33(32)25-7-4-6-22(20-25)26(31)30-18-16-29(17-19-30)24-12-14-27-15-13-24/h4,6-15,20,28H,2-3,5,16-19H2,1H3. The Balaban J connectivity index is 1.36. The molecular weight excluding hydrogens is 432 g/mol. The third-order valence-corrected chi connectivity index (χ3v) is 6.98. The molecule has 1 atom stereocenters. The summed E-state index contributed by atoms with van der Waals surface area (Å²) in [6.07, 6.45) is 6.96. The minimum Gasteiger partial charge on any atom is -0.368 e. The maximum atomic E-state index is 13.1. The number of unbranched alkanes of at least 4 members (excludes halogenated alkanes) is 1. The number of pyridine rings is 1. The molecule has 2 heterocycles. The van der Waals surface area contributed by atoms with Crippen LogP contribution in [0.25, 0.3) is 0 Å². The molecule has 6 nitrogen and oxygen atoms in total. The number of carbonyl (C=O) groups excluding carboxylic acids is 1. The minimum absolute atomic E-state index is 0.0245. The molecule has 33 heavy (non-hydrogen) atoms. The molecule has 1 saturated heterocycles. The third-order valence-electron chi connectivity index (χ3n) is 5.87. The normalized spacial score (nSPS) is 14.7. The summed E-state index contributed by atoms with van der Waals surface area (Å²) in [4.78, 5) is 21.9. The summed E-state index contributed by atoms with van der Waals surface area (Å²) >= 11 is 0. The summed E-state index contributed by atoms with van der Waals surface area (Å²) in [5.74, 6) is -0.0245. The van der Waals surface area contributed by atoms with Crippen LogP contribution in [0, 0.1) is 0 Å². The highest BCUT2D eigenvalue weighted by Gasteiger charge is 2.23. The number of amides is 1. The molecule has 1 N–H and O–H groups in total. The number of hydrogen-bond acceptors (Lipinski definition) is 4. The van der Waals surface area contributed by atoms with Crippen molar-refractivity contribution in [2.45, 2.75) is 31.1 Å². The average molecular weight is 463 g/mol. The maximum Gasteiger partial charge on any atom is 0.254 e. The van der Waals surface area contributed by atoms with Crippen LogP contribution in [0.5, 0.6) is 0 Å². The van der Waals surface area contributed by atoms with Gasteiger partial charge in [0, 0.05) is 55.5 Å². The largest absolute Gasteiger partial charge is 0.368 e. The Labute approximate surface area is 198 Å². The van der Waals surface area contributed by atoms with Gasteiger partial charge in [-0.15, -0.1) is 0 Å². The molecule has 0 aliphatic carbocycles. The van der Waals surface area contributed by atoms with Gasteiger partial charge < -0.3 is 14.5 Å². The topological polar surface area (TPSA) is 65.5 Å². The first-order valence-electron chi connectivity index (χ1n) is 11.5. The Morgan fingerprint density at radius 1 is 1.00 bits per heavy atom. The van der Waals surface area contributed by atoms with Crippen LogP contribution in [0.15, 0.2) is 78.0 Å². The second kappa shape index (κ2) is 11.1. The Kier molecular flexibility index (Phi) is 7.73. The highest BCUT2D eigenvalue weighted by atomic mass is 32.2. The fourth-order valence-corrected chi connectivity index (χ4v) is 4.84. The first-order valence-corrected chi connectivity index (χ1v) is 12.6. The zero-order valence-electron chi connectivity index (χ0n) is 18.9. The van der Waals surface area contributed by atoms with Gasteiger partial charge in [0.05, 0.1) is 4.90 Å². The van der Waals surface area contributed by atoms with E-state index in [0.29, 0.717) is 23.5 Å². The highest BCUT2D eigenvalue weighted by Crippen LogP contribution is 2.19. The van der Waals surface area contributed by atoms with E-state index in [0.717, 1.165) is 37.3 Å². The molecule has 0 bridgehead atoms. The molecule has 2 aromatic carbocycles. The number of aryl methyl sites for hydroxylation is 1. The minimum atomic E-state index is -1.44. The molecule has 7 heteroatoms. The molecular formula is C26H30N4O2S. The average Bonchev–Trinajstić information content (AvgIpc) is 2.88. The highest BCUT2D eigenvalue weighted by molar-refractivity contribution is 7.86. The van der Waals surface area contributed by atoms with Crippen LogP contribution in [0.1, 0.15) is 35.7 Å². The van der Waals surface area contributed by atoms with Gasteiger partial charge in [-0.25, -0.2) is 4.21 Å². The molecule has 1 aromatic heterocycles. The van der Waals surface area contributed by atoms with Crippen LogP contribution in [0.2, 0.25) is 0 Å². The van der Waals surface area contributed by atoms with Crippen molar-refractivity contribution in [2.75, 3.05) is 35.8 Å². The van der Waals surface area contributed by atoms with Crippen LogP contribution in [0.3, 0.4) is 0 Å². The predicted octanol–water partition coefficient (Wildman–Crippen LogP) is 4.52. The van der Waals surface area contributed by atoms with Crippen molar-refractivity contribution in [2.24, 2.45) is 0 Å². The van der Waals surface area contributed by atoms with Crippen LogP contribution in [-0.4, -0.2) is 46.2 Å². The van der Waals surface area contributed by atoms with Crippen molar-refractivity contribution in [3.8, 4) is 0 Å². The Morgan fingerprint density at radius 2 is 1.73 bits per heavy atom. The maximum absolute atomic E-state index is 13.1. The molecule has 3 aromatic rings. The van der Waals surface area contributed by atoms with Gasteiger partial charge in [0.2, 0.25) is 0 Å². The van der Waals surface area contributed by atoms with E-state index in [1.165, 1.54) is 12.0 Å². The van der Waals surface area contributed by atoms with Crippen LogP contribution < -0.4 is 9.62 Å². The van der Waals surface area contributed by atoms with Crippen molar-refractivity contribution in [1.82, 2.24) is 9.88 Å². The molecule has 1 amide bonds. The first-order chi connectivity index (χ1) is 16.1. The van der Waals surface area contributed by atoms with Gasteiger partial charge in [0.25, 0.3) is 5.91 Å². The lowest BCUT2D eigenvalue weighted by Crippen LogP contribution is -2.48. The predicted molar refractivity (Wildman–Crippen MR) is 134 cm³/mol. The lowest BCUT2D eigenvalue weighted by Gasteiger charge is -2.36. The number of piperazine rings is 1. The van der Waals surface area contributed by atoms with Crippen LogP contribution in [-0.2, 0) is 17.4 Å². The SMILES string of the molecule is CCCCc1ccc(NS(=O)c2cccc(C(=O)N3CCN(c4ccncc4)CC3)c2)cc1. The quantitative estimate of drug-likeness (QED) is 0.535. The van der Waals surface area contributed by atoms with E-state index < -0.39 is 11.0 Å². The van der Waals surface area contributed by atoms with E-state index in [9.17, 15) is 9.00 Å². The third kappa shape index (κ3) is 5.99. The van der Waals surface area contributed by atoms with Gasteiger partial charge in [0.1, 0.15) is 11.0 Å². The fourth-order valence-electron chi connectivity index (χ4n) is 3.94.